The summed E-state index contributed by atoms with van der Waals surface area (Å²) in [5.41, 5.74) is 1.87. The number of amides is 2. The molecule has 1 N–H and O–H groups in total. The number of benzene rings is 2. The summed E-state index contributed by atoms with van der Waals surface area (Å²) in [7, 11) is 1.56. The highest BCUT2D eigenvalue weighted by molar-refractivity contribution is 5.87. The molecule has 26 heavy (non-hydrogen) atoms. The fourth-order valence-corrected chi connectivity index (χ4v) is 2.91. The van der Waals surface area contributed by atoms with Crippen molar-refractivity contribution in [2.24, 2.45) is 0 Å². The first-order valence-electron chi connectivity index (χ1n) is 8.84. The zero-order valence-corrected chi connectivity index (χ0v) is 15.2. The Bertz CT molecular complexity index is 717. The van der Waals surface area contributed by atoms with Crippen molar-refractivity contribution in [3.63, 3.8) is 0 Å². The number of halogens is 1. The summed E-state index contributed by atoms with van der Waals surface area (Å²) < 4.78 is 13.2. The molecule has 5 heteroatoms. The third-order valence-corrected chi connectivity index (χ3v) is 4.37. The number of nitrogens with one attached hydrogen (secondary N) is 1. The summed E-state index contributed by atoms with van der Waals surface area (Å²) in [4.78, 5) is 26.7. The molecule has 0 saturated heterocycles. The third kappa shape index (κ3) is 5.41. The van der Waals surface area contributed by atoms with Gasteiger partial charge in [0.05, 0.1) is 0 Å². The fraction of sp³-hybridized carbons (Fsp3) is 0.333. The molecule has 138 valence electrons. The van der Waals surface area contributed by atoms with Crippen molar-refractivity contribution in [3.05, 3.63) is 71.5 Å². The van der Waals surface area contributed by atoms with Crippen LogP contribution in [-0.4, -0.2) is 29.8 Å². The van der Waals surface area contributed by atoms with Crippen molar-refractivity contribution in [3.8, 4) is 0 Å². The summed E-state index contributed by atoms with van der Waals surface area (Å²) in [5.74, 6) is -0.606. The summed E-state index contributed by atoms with van der Waals surface area (Å²) in [6, 6.07) is 15.2. The second-order valence-electron chi connectivity index (χ2n) is 6.17. The van der Waals surface area contributed by atoms with Crippen LogP contribution in [0.5, 0.6) is 0 Å². The van der Waals surface area contributed by atoms with Gasteiger partial charge in [-0.1, -0.05) is 49.4 Å². The van der Waals surface area contributed by atoms with Crippen molar-refractivity contribution < 1.29 is 14.0 Å². The van der Waals surface area contributed by atoms with Crippen LogP contribution < -0.4 is 5.32 Å². The van der Waals surface area contributed by atoms with Crippen LogP contribution in [0.15, 0.2) is 54.6 Å². The topological polar surface area (TPSA) is 49.4 Å². The van der Waals surface area contributed by atoms with E-state index >= 15 is 0 Å². The van der Waals surface area contributed by atoms with E-state index in [4.69, 9.17) is 0 Å². The zero-order valence-electron chi connectivity index (χ0n) is 15.2. The maximum absolute atomic E-state index is 13.2. The van der Waals surface area contributed by atoms with Gasteiger partial charge in [0.1, 0.15) is 11.9 Å². The molecule has 0 aliphatic rings. The minimum absolute atomic E-state index is 0.0892. The van der Waals surface area contributed by atoms with Gasteiger partial charge in [-0.2, -0.15) is 0 Å². The highest BCUT2D eigenvalue weighted by Crippen LogP contribution is 2.15. The number of likely N-dealkylation sites (N-methyl/N-ethyl adjacent to an activating group) is 1. The molecular weight excluding hydrogens is 331 g/mol. The first-order valence-corrected chi connectivity index (χ1v) is 8.84. The lowest BCUT2D eigenvalue weighted by atomic mass is 10.1. The Morgan fingerprint density at radius 3 is 2.27 bits per heavy atom. The first kappa shape index (κ1) is 19.6. The molecular formula is C21H25FN2O2. The molecule has 2 aromatic rings. The molecule has 0 fully saturated rings. The minimum Gasteiger partial charge on any atom is -0.357 e. The quantitative estimate of drug-likeness (QED) is 0.789. The molecule has 0 radical (unpaired) electrons. The SMILES string of the molecule is CC[C@@H](C(=O)NC)N(Cc1ccc(F)cc1)C(=O)CCc1ccccc1. The van der Waals surface area contributed by atoms with Crippen LogP contribution >= 0.6 is 0 Å². The number of hydrogen-bond donors (Lipinski definition) is 1. The van der Waals surface area contributed by atoms with E-state index in [0.29, 0.717) is 19.3 Å². The molecule has 2 amide bonds. The highest BCUT2D eigenvalue weighted by Gasteiger charge is 2.27. The summed E-state index contributed by atoms with van der Waals surface area (Å²) in [5, 5.41) is 2.63. The van der Waals surface area contributed by atoms with Gasteiger partial charge in [0.25, 0.3) is 0 Å². The maximum atomic E-state index is 13.2. The molecule has 4 nitrogen and oxygen atoms in total. The molecule has 2 rings (SSSR count). The van der Waals surface area contributed by atoms with Gasteiger partial charge in [0, 0.05) is 20.0 Å². The Kier molecular flexibility index (Phi) is 7.33. The third-order valence-electron chi connectivity index (χ3n) is 4.37. The lowest BCUT2D eigenvalue weighted by Gasteiger charge is -2.30. The molecule has 0 unspecified atom stereocenters. The summed E-state index contributed by atoms with van der Waals surface area (Å²) in [6.07, 6.45) is 1.44. The minimum atomic E-state index is -0.548. The maximum Gasteiger partial charge on any atom is 0.242 e. The van der Waals surface area contributed by atoms with Crippen LogP contribution in [0.25, 0.3) is 0 Å². The Morgan fingerprint density at radius 2 is 1.69 bits per heavy atom. The van der Waals surface area contributed by atoms with Crippen LogP contribution in [0.3, 0.4) is 0 Å². The van der Waals surface area contributed by atoms with Gasteiger partial charge >= 0.3 is 0 Å². The number of hydrogen-bond acceptors (Lipinski definition) is 2. The number of aryl methyl sites for hydroxylation is 1. The zero-order chi connectivity index (χ0) is 18.9. The smallest absolute Gasteiger partial charge is 0.242 e. The molecule has 0 aliphatic heterocycles. The van der Waals surface area contributed by atoms with Crippen LogP contribution in [0.2, 0.25) is 0 Å². The van der Waals surface area contributed by atoms with Crippen molar-refractivity contribution >= 4 is 11.8 Å². The lowest BCUT2D eigenvalue weighted by molar-refractivity contribution is -0.141. The lowest BCUT2D eigenvalue weighted by Crippen LogP contribution is -2.48. The predicted octanol–water partition coefficient (Wildman–Crippen LogP) is 3.31. The summed E-state index contributed by atoms with van der Waals surface area (Å²) in [6.45, 7) is 2.15. The fourth-order valence-electron chi connectivity index (χ4n) is 2.91. The van der Waals surface area contributed by atoms with Gasteiger partial charge in [-0.25, -0.2) is 4.39 Å². The molecule has 0 spiro atoms. The van der Waals surface area contributed by atoms with Crippen molar-refractivity contribution in [1.82, 2.24) is 10.2 Å². The highest BCUT2D eigenvalue weighted by atomic mass is 19.1. The van der Waals surface area contributed by atoms with E-state index in [2.05, 4.69) is 5.32 Å². The Morgan fingerprint density at radius 1 is 1.04 bits per heavy atom. The standard InChI is InChI=1S/C21H25FN2O2/c1-3-19(21(26)23-2)24(15-17-9-12-18(22)13-10-17)20(25)14-11-16-7-5-4-6-8-16/h4-10,12-13,19H,3,11,14-15H2,1-2H3,(H,23,26)/t19-/m0/s1. The summed E-state index contributed by atoms with van der Waals surface area (Å²) >= 11 is 0. The van der Waals surface area contributed by atoms with Gasteiger partial charge in [-0.3, -0.25) is 9.59 Å². The average molecular weight is 356 g/mol. The molecule has 2 aromatic carbocycles. The van der Waals surface area contributed by atoms with Crippen molar-refractivity contribution in [2.75, 3.05) is 7.05 Å². The number of carbonyl (C=O) groups excluding carboxylic acids is 2. The van der Waals surface area contributed by atoms with Crippen molar-refractivity contribution in [2.45, 2.75) is 38.8 Å². The van der Waals surface area contributed by atoms with E-state index in [1.807, 2.05) is 37.3 Å². The van der Waals surface area contributed by atoms with E-state index < -0.39 is 6.04 Å². The van der Waals surface area contributed by atoms with Crippen LogP contribution in [0.4, 0.5) is 4.39 Å². The number of rotatable bonds is 8. The number of nitrogens with zero attached hydrogens (tertiary/aromatic N) is 1. The van der Waals surface area contributed by atoms with E-state index in [9.17, 15) is 14.0 Å². The normalized spacial score (nSPS) is 11.7. The Hall–Kier alpha value is -2.69. The van der Waals surface area contributed by atoms with E-state index in [-0.39, 0.29) is 24.2 Å². The van der Waals surface area contributed by atoms with Crippen LogP contribution in [-0.2, 0) is 22.6 Å². The van der Waals surface area contributed by atoms with E-state index in [1.54, 1.807) is 24.1 Å². The number of carbonyl (C=O) groups is 2. The van der Waals surface area contributed by atoms with Gasteiger partial charge in [0.15, 0.2) is 0 Å². The Labute approximate surface area is 154 Å². The van der Waals surface area contributed by atoms with Gasteiger partial charge in [0.2, 0.25) is 11.8 Å². The monoisotopic (exact) mass is 356 g/mol. The Balaban J connectivity index is 2.16. The van der Waals surface area contributed by atoms with E-state index in [0.717, 1.165) is 11.1 Å². The molecule has 0 aromatic heterocycles. The first-order chi connectivity index (χ1) is 12.5. The van der Waals surface area contributed by atoms with Gasteiger partial charge in [-0.05, 0) is 36.1 Å². The molecule has 1 atom stereocenters. The molecule has 0 heterocycles. The van der Waals surface area contributed by atoms with E-state index in [1.165, 1.54) is 12.1 Å². The second kappa shape index (κ2) is 9.70. The average Bonchev–Trinajstić information content (AvgIpc) is 2.68. The van der Waals surface area contributed by atoms with Gasteiger partial charge in [-0.15, -0.1) is 0 Å². The molecule has 0 saturated carbocycles. The molecule has 0 bridgehead atoms. The van der Waals surface area contributed by atoms with Crippen molar-refractivity contribution in [1.29, 1.82) is 0 Å². The predicted molar refractivity (Wildman–Crippen MR) is 99.9 cm³/mol. The second-order valence-corrected chi connectivity index (χ2v) is 6.17. The van der Waals surface area contributed by atoms with Gasteiger partial charge < -0.3 is 10.2 Å². The largest absolute Gasteiger partial charge is 0.357 e. The van der Waals surface area contributed by atoms with Crippen LogP contribution in [0.1, 0.15) is 30.9 Å². The molecule has 0 aliphatic carbocycles. The van der Waals surface area contributed by atoms with Crippen LogP contribution in [0, 0.1) is 5.82 Å².